The molecule has 0 bridgehead atoms. The molecule has 1 fully saturated rings. The first-order valence-electron chi connectivity index (χ1n) is 7.13. The Bertz CT molecular complexity index is 425. The van der Waals surface area contributed by atoms with Gasteiger partial charge in [0, 0.05) is 39.9 Å². The van der Waals surface area contributed by atoms with Gasteiger partial charge < -0.3 is 14.1 Å². The van der Waals surface area contributed by atoms with Crippen LogP contribution in [0.5, 0.6) is 0 Å². The third kappa shape index (κ3) is 3.80. The summed E-state index contributed by atoms with van der Waals surface area (Å²) in [5, 5.41) is 0. The normalized spacial score (nSPS) is 16.6. The third-order valence-corrected chi connectivity index (χ3v) is 3.68. The van der Waals surface area contributed by atoms with E-state index in [4.69, 9.17) is 9.15 Å². The van der Waals surface area contributed by atoms with E-state index in [1.54, 1.807) is 14.0 Å². The van der Waals surface area contributed by atoms with Crippen LogP contribution in [0.25, 0.3) is 0 Å². The summed E-state index contributed by atoms with van der Waals surface area (Å²) < 4.78 is 10.1. The van der Waals surface area contributed by atoms with Gasteiger partial charge in [0.05, 0.1) is 0 Å². The van der Waals surface area contributed by atoms with Crippen LogP contribution in [-0.4, -0.2) is 67.1 Å². The molecule has 0 saturated carbocycles. The largest absolute Gasteiger partial charge is 0.448 e. The predicted octanol–water partition coefficient (Wildman–Crippen LogP) is 1.17. The van der Waals surface area contributed by atoms with Gasteiger partial charge in [0.25, 0.3) is 5.91 Å². The number of piperazine rings is 1. The zero-order chi connectivity index (χ0) is 14.4. The Morgan fingerprint density at radius 3 is 2.70 bits per heavy atom. The summed E-state index contributed by atoms with van der Waals surface area (Å²) in [4.78, 5) is 20.5. The molecule has 0 aliphatic carbocycles. The summed E-state index contributed by atoms with van der Waals surface area (Å²) in [5.41, 5.74) is 0.443. The molecule has 2 rings (SSSR count). The van der Waals surface area contributed by atoms with Crippen LogP contribution in [0.1, 0.15) is 29.1 Å². The molecule has 1 amide bonds. The van der Waals surface area contributed by atoms with Crippen LogP contribution in [0.15, 0.2) is 10.8 Å². The number of aromatic nitrogens is 1. The summed E-state index contributed by atoms with van der Waals surface area (Å²) >= 11 is 0. The number of amides is 1. The van der Waals surface area contributed by atoms with Crippen molar-refractivity contribution in [3.8, 4) is 0 Å². The molecule has 0 N–H and O–H groups in total. The van der Waals surface area contributed by atoms with Gasteiger partial charge in [0.15, 0.2) is 12.1 Å². The molecule has 0 radical (unpaired) electrons. The van der Waals surface area contributed by atoms with Gasteiger partial charge in [-0.2, -0.15) is 0 Å². The van der Waals surface area contributed by atoms with E-state index in [2.05, 4.69) is 9.88 Å². The van der Waals surface area contributed by atoms with Crippen LogP contribution in [0.3, 0.4) is 0 Å². The van der Waals surface area contributed by atoms with E-state index >= 15 is 0 Å². The smallest absolute Gasteiger partial charge is 0.276 e. The number of unbranched alkanes of at least 4 members (excludes halogenated alkanes) is 1. The molecule has 0 spiro atoms. The van der Waals surface area contributed by atoms with Gasteiger partial charge in [0.1, 0.15) is 5.76 Å². The van der Waals surface area contributed by atoms with Crippen molar-refractivity contribution in [1.29, 1.82) is 0 Å². The first kappa shape index (κ1) is 15.0. The monoisotopic (exact) mass is 281 g/mol. The lowest BCUT2D eigenvalue weighted by atomic mass is 10.2. The molecular weight excluding hydrogens is 258 g/mol. The van der Waals surface area contributed by atoms with Gasteiger partial charge in [0.2, 0.25) is 0 Å². The minimum absolute atomic E-state index is 0.0183. The second kappa shape index (κ2) is 7.40. The summed E-state index contributed by atoms with van der Waals surface area (Å²) in [7, 11) is 1.73. The number of carbonyl (C=O) groups is 1. The van der Waals surface area contributed by atoms with Crippen molar-refractivity contribution < 1.29 is 13.9 Å². The lowest BCUT2D eigenvalue weighted by Gasteiger charge is -2.34. The highest BCUT2D eigenvalue weighted by atomic mass is 16.5. The zero-order valence-corrected chi connectivity index (χ0v) is 12.3. The molecule has 20 heavy (non-hydrogen) atoms. The van der Waals surface area contributed by atoms with E-state index in [1.807, 2.05) is 4.90 Å². The van der Waals surface area contributed by atoms with E-state index in [9.17, 15) is 4.79 Å². The van der Waals surface area contributed by atoms with Crippen LogP contribution in [-0.2, 0) is 4.74 Å². The van der Waals surface area contributed by atoms with Gasteiger partial charge in [-0.05, 0) is 26.3 Å². The average Bonchev–Trinajstić information content (AvgIpc) is 2.90. The van der Waals surface area contributed by atoms with Crippen LogP contribution < -0.4 is 0 Å². The Labute approximate surface area is 119 Å². The van der Waals surface area contributed by atoms with Crippen LogP contribution in [0.2, 0.25) is 0 Å². The third-order valence-electron chi connectivity index (χ3n) is 3.68. The number of hydrogen-bond acceptors (Lipinski definition) is 5. The molecule has 1 aliphatic heterocycles. The van der Waals surface area contributed by atoms with Gasteiger partial charge in [-0.1, -0.05) is 0 Å². The molecule has 112 valence electrons. The number of hydrogen-bond donors (Lipinski definition) is 0. The molecule has 0 atom stereocenters. The number of ether oxygens (including phenoxy) is 1. The topological polar surface area (TPSA) is 58.8 Å². The molecule has 1 aromatic heterocycles. The SMILES string of the molecule is COCCCCN1CCN(C(=O)c2ncoc2C)CC1. The quantitative estimate of drug-likeness (QED) is 0.733. The van der Waals surface area contributed by atoms with Crippen LogP contribution in [0.4, 0.5) is 0 Å². The van der Waals surface area contributed by atoms with Crippen molar-refractivity contribution in [1.82, 2.24) is 14.8 Å². The lowest BCUT2D eigenvalue weighted by molar-refractivity contribution is 0.0625. The molecule has 0 aromatic carbocycles. The van der Waals surface area contributed by atoms with E-state index < -0.39 is 0 Å². The maximum atomic E-state index is 12.3. The summed E-state index contributed by atoms with van der Waals surface area (Å²) in [5.74, 6) is 0.576. The number of carbonyl (C=O) groups excluding carboxylic acids is 1. The zero-order valence-electron chi connectivity index (χ0n) is 12.3. The Balaban J connectivity index is 1.74. The van der Waals surface area contributed by atoms with E-state index in [-0.39, 0.29) is 5.91 Å². The van der Waals surface area contributed by atoms with Crippen molar-refractivity contribution in [3.05, 3.63) is 17.8 Å². The van der Waals surface area contributed by atoms with Gasteiger partial charge >= 0.3 is 0 Å². The molecule has 1 saturated heterocycles. The van der Waals surface area contributed by atoms with E-state index in [0.717, 1.165) is 52.2 Å². The fourth-order valence-corrected chi connectivity index (χ4v) is 2.42. The minimum atomic E-state index is -0.0183. The highest BCUT2D eigenvalue weighted by molar-refractivity contribution is 5.93. The van der Waals surface area contributed by atoms with Gasteiger partial charge in [-0.15, -0.1) is 0 Å². The van der Waals surface area contributed by atoms with E-state index in [0.29, 0.717) is 11.5 Å². The number of oxazole rings is 1. The molecule has 6 heteroatoms. The first-order valence-corrected chi connectivity index (χ1v) is 7.13. The predicted molar refractivity (Wildman–Crippen MR) is 74.7 cm³/mol. The van der Waals surface area contributed by atoms with Gasteiger partial charge in [-0.3, -0.25) is 9.69 Å². The summed E-state index contributed by atoms with van der Waals surface area (Å²) in [6.07, 6.45) is 3.56. The molecule has 1 aliphatic rings. The first-order chi connectivity index (χ1) is 9.72. The summed E-state index contributed by atoms with van der Waals surface area (Å²) in [6.45, 7) is 7.04. The number of aryl methyl sites for hydroxylation is 1. The highest BCUT2D eigenvalue weighted by Crippen LogP contribution is 2.11. The molecule has 1 aromatic rings. The average molecular weight is 281 g/mol. The molecule has 6 nitrogen and oxygen atoms in total. The van der Waals surface area contributed by atoms with Crippen LogP contribution in [0, 0.1) is 6.92 Å². The van der Waals surface area contributed by atoms with Crippen molar-refractivity contribution in [3.63, 3.8) is 0 Å². The Morgan fingerprint density at radius 1 is 1.35 bits per heavy atom. The van der Waals surface area contributed by atoms with Crippen molar-refractivity contribution in [2.75, 3.05) is 46.4 Å². The number of methoxy groups -OCH3 is 1. The maximum Gasteiger partial charge on any atom is 0.276 e. The minimum Gasteiger partial charge on any atom is -0.448 e. The highest BCUT2D eigenvalue weighted by Gasteiger charge is 2.24. The lowest BCUT2D eigenvalue weighted by Crippen LogP contribution is -2.49. The number of rotatable bonds is 6. The van der Waals surface area contributed by atoms with Crippen molar-refractivity contribution in [2.24, 2.45) is 0 Å². The fraction of sp³-hybridized carbons (Fsp3) is 0.714. The second-order valence-electron chi connectivity index (χ2n) is 5.09. The van der Waals surface area contributed by atoms with E-state index in [1.165, 1.54) is 6.39 Å². The molecule has 0 unspecified atom stereocenters. The second-order valence-corrected chi connectivity index (χ2v) is 5.09. The number of nitrogens with zero attached hydrogens (tertiary/aromatic N) is 3. The molecule has 2 heterocycles. The summed E-state index contributed by atoms with van der Waals surface area (Å²) in [6, 6.07) is 0. The molecular formula is C14H23N3O3. The van der Waals surface area contributed by atoms with Crippen LogP contribution >= 0.6 is 0 Å². The fourth-order valence-electron chi connectivity index (χ4n) is 2.42. The Morgan fingerprint density at radius 2 is 2.10 bits per heavy atom. The Kier molecular flexibility index (Phi) is 5.55. The maximum absolute atomic E-state index is 12.3. The Hall–Kier alpha value is -1.40. The standard InChI is InChI=1S/C14H23N3O3/c1-12-13(15-11-20-12)14(18)17-8-6-16(7-9-17)5-3-4-10-19-2/h11H,3-10H2,1-2H3. The van der Waals surface area contributed by atoms with Crippen molar-refractivity contribution >= 4 is 5.91 Å². The van der Waals surface area contributed by atoms with Gasteiger partial charge in [-0.25, -0.2) is 4.98 Å². The van der Waals surface area contributed by atoms with Crippen molar-refractivity contribution in [2.45, 2.75) is 19.8 Å².